The number of thiophene rings is 1. The maximum atomic E-state index is 3.38. The fourth-order valence-corrected chi connectivity index (χ4v) is 2.28. The quantitative estimate of drug-likeness (QED) is 0.706. The van der Waals surface area contributed by atoms with Crippen LogP contribution in [0.15, 0.2) is 47.2 Å². The predicted molar refractivity (Wildman–Crippen MR) is 72.6 cm³/mol. The molecule has 1 heterocycles. The third-order valence-electron chi connectivity index (χ3n) is 2.14. The summed E-state index contributed by atoms with van der Waals surface area (Å²) < 4.78 is 0. The first-order chi connectivity index (χ1) is 7.40. The molecule has 1 aromatic heterocycles. The van der Waals surface area contributed by atoms with Crippen molar-refractivity contribution in [1.82, 2.24) is 0 Å². The Bertz CT molecular complexity index is 443. The lowest BCUT2D eigenvalue weighted by Gasteiger charge is -1.99. The molecule has 0 radical (unpaired) electrons. The molecule has 0 N–H and O–H groups in total. The van der Waals surface area contributed by atoms with Crippen molar-refractivity contribution in [2.75, 3.05) is 5.33 Å². The first kappa shape index (κ1) is 10.7. The van der Waals surface area contributed by atoms with Crippen molar-refractivity contribution in [3.63, 3.8) is 0 Å². The Morgan fingerprint density at radius 1 is 1.20 bits per heavy atom. The van der Waals surface area contributed by atoms with Gasteiger partial charge in [0.05, 0.1) is 0 Å². The maximum absolute atomic E-state index is 3.38. The van der Waals surface area contributed by atoms with Gasteiger partial charge in [0.25, 0.3) is 0 Å². The van der Waals surface area contributed by atoms with E-state index in [0.29, 0.717) is 0 Å². The Balaban J connectivity index is 2.31. The molecule has 2 rings (SSSR count). The minimum atomic E-state index is 0.898. The van der Waals surface area contributed by atoms with Crippen molar-refractivity contribution in [2.45, 2.75) is 0 Å². The number of rotatable bonds is 3. The number of hydrogen-bond acceptors (Lipinski definition) is 1. The highest BCUT2D eigenvalue weighted by molar-refractivity contribution is 9.09. The van der Waals surface area contributed by atoms with E-state index in [0.717, 1.165) is 5.33 Å². The van der Waals surface area contributed by atoms with Crippen LogP contribution in [-0.2, 0) is 0 Å². The van der Waals surface area contributed by atoms with E-state index in [4.69, 9.17) is 0 Å². The molecule has 0 saturated carbocycles. The molecule has 0 aliphatic rings. The third-order valence-corrected chi connectivity index (χ3v) is 3.20. The third kappa shape index (κ3) is 2.80. The van der Waals surface area contributed by atoms with Gasteiger partial charge in [0.1, 0.15) is 0 Å². The van der Waals surface area contributed by atoms with Gasteiger partial charge in [-0.1, -0.05) is 46.3 Å². The minimum absolute atomic E-state index is 0.898. The number of alkyl halides is 1. The van der Waals surface area contributed by atoms with Gasteiger partial charge in [-0.3, -0.25) is 0 Å². The van der Waals surface area contributed by atoms with E-state index in [1.165, 1.54) is 16.7 Å². The smallest absolute Gasteiger partial charge is 0.0215 e. The first-order valence-electron chi connectivity index (χ1n) is 4.75. The SMILES string of the molecule is BrC/C=C/c1cccc(-c2ccsc2)c1. The van der Waals surface area contributed by atoms with Gasteiger partial charge in [-0.2, -0.15) is 11.3 Å². The van der Waals surface area contributed by atoms with E-state index < -0.39 is 0 Å². The average Bonchev–Trinajstić information content (AvgIpc) is 2.80. The van der Waals surface area contributed by atoms with Crippen LogP contribution < -0.4 is 0 Å². The summed E-state index contributed by atoms with van der Waals surface area (Å²) in [5.74, 6) is 0. The van der Waals surface area contributed by atoms with Gasteiger partial charge in [0, 0.05) is 5.33 Å². The van der Waals surface area contributed by atoms with Crippen LogP contribution in [0.3, 0.4) is 0 Å². The van der Waals surface area contributed by atoms with Gasteiger partial charge >= 0.3 is 0 Å². The molecule has 0 atom stereocenters. The second-order valence-electron chi connectivity index (χ2n) is 3.19. The molecule has 0 fully saturated rings. The second-order valence-corrected chi connectivity index (χ2v) is 4.62. The van der Waals surface area contributed by atoms with Crippen molar-refractivity contribution < 1.29 is 0 Å². The zero-order valence-corrected chi connectivity index (χ0v) is 10.6. The fourth-order valence-electron chi connectivity index (χ4n) is 1.43. The van der Waals surface area contributed by atoms with Crippen LogP contribution in [0.2, 0.25) is 0 Å². The molecule has 0 amide bonds. The molecule has 0 spiro atoms. The van der Waals surface area contributed by atoms with Crippen LogP contribution in [0.25, 0.3) is 17.2 Å². The largest absolute Gasteiger partial charge is 0.152 e. The van der Waals surface area contributed by atoms with Crippen molar-refractivity contribution >= 4 is 33.3 Å². The summed E-state index contributed by atoms with van der Waals surface area (Å²) in [6.45, 7) is 0. The van der Waals surface area contributed by atoms with Crippen LogP contribution in [0, 0.1) is 0 Å². The Morgan fingerprint density at radius 3 is 2.87 bits per heavy atom. The van der Waals surface area contributed by atoms with E-state index in [1.54, 1.807) is 11.3 Å². The lowest BCUT2D eigenvalue weighted by atomic mass is 10.1. The minimum Gasteiger partial charge on any atom is -0.152 e. The van der Waals surface area contributed by atoms with Crippen molar-refractivity contribution in [3.8, 4) is 11.1 Å². The highest BCUT2D eigenvalue weighted by Crippen LogP contribution is 2.23. The second kappa shape index (κ2) is 5.29. The number of halogens is 1. The summed E-state index contributed by atoms with van der Waals surface area (Å²) in [6.07, 6.45) is 4.23. The molecule has 76 valence electrons. The molecule has 15 heavy (non-hydrogen) atoms. The van der Waals surface area contributed by atoms with E-state index in [2.05, 4.69) is 69.2 Å². The number of allylic oxidation sites excluding steroid dienone is 1. The number of benzene rings is 1. The van der Waals surface area contributed by atoms with E-state index in [9.17, 15) is 0 Å². The van der Waals surface area contributed by atoms with E-state index in [-0.39, 0.29) is 0 Å². The van der Waals surface area contributed by atoms with Crippen molar-refractivity contribution in [2.24, 2.45) is 0 Å². The van der Waals surface area contributed by atoms with Gasteiger partial charge in [-0.05, 0) is 39.6 Å². The Hall–Kier alpha value is -0.860. The molecule has 0 aliphatic heterocycles. The average molecular weight is 279 g/mol. The van der Waals surface area contributed by atoms with E-state index >= 15 is 0 Å². The molecule has 0 nitrogen and oxygen atoms in total. The maximum Gasteiger partial charge on any atom is 0.0215 e. The zero-order chi connectivity index (χ0) is 10.5. The van der Waals surface area contributed by atoms with Gasteiger partial charge in [0.15, 0.2) is 0 Å². The normalized spacial score (nSPS) is 11.0. The van der Waals surface area contributed by atoms with Crippen LogP contribution in [0.1, 0.15) is 5.56 Å². The highest BCUT2D eigenvalue weighted by Gasteiger charge is 1.97. The molecular weight excluding hydrogens is 268 g/mol. The molecular formula is C13H11BrS. The predicted octanol–water partition coefficient (Wildman–Crippen LogP) is 4.82. The van der Waals surface area contributed by atoms with Gasteiger partial charge < -0.3 is 0 Å². The summed E-state index contributed by atoms with van der Waals surface area (Å²) >= 11 is 5.11. The van der Waals surface area contributed by atoms with Crippen LogP contribution in [0.5, 0.6) is 0 Å². The molecule has 0 unspecified atom stereocenters. The van der Waals surface area contributed by atoms with Crippen LogP contribution >= 0.6 is 27.3 Å². The molecule has 0 bridgehead atoms. The number of hydrogen-bond donors (Lipinski definition) is 0. The van der Waals surface area contributed by atoms with Gasteiger partial charge in [-0.25, -0.2) is 0 Å². The highest BCUT2D eigenvalue weighted by atomic mass is 79.9. The van der Waals surface area contributed by atoms with Crippen LogP contribution in [0.4, 0.5) is 0 Å². The van der Waals surface area contributed by atoms with Gasteiger partial charge in [0.2, 0.25) is 0 Å². The first-order valence-corrected chi connectivity index (χ1v) is 6.82. The molecule has 0 aliphatic carbocycles. The standard InChI is InChI=1S/C13H11BrS/c14-7-2-4-11-3-1-5-12(9-11)13-6-8-15-10-13/h1-6,8-10H,7H2/b4-2+. The molecule has 2 heteroatoms. The van der Waals surface area contributed by atoms with Gasteiger partial charge in [-0.15, -0.1) is 0 Å². The topological polar surface area (TPSA) is 0 Å². The summed E-state index contributed by atoms with van der Waals surface area (Å²) in [7, 11) is 0. The summed E-state index contributed by atoms with van der Waals surface area (Å²) in [5, 5.41) is 5.18. The summed E-state index contributed by atoms with van der Waals surface area (Å²) in [6, 6.07) is 10.7. The molecule has 1 aromatic carbocycles. The lowest BCUT2D eigenvalue weighted by molar-refractivity contribution is 1.63. The Morgan fingerprint density at radius 2 is 2.13 bits per heavy atom. The molecule has 0 saturated heterocycles. The summed E-state index contributed by atoms with van der Waals surface area (Å²) in [5.41, 5.74) is 3.83. The van der Waals surface area contributed by atoms with E-state index in [1.807, 2.05) is 0 Å². The summed E-state index contributed by atoms with van der Waals surface area (Å²) in [4.78, 5) is 0. The Labute approximate surface area is 102 Å². The fraction of sp³-hybridized carbons (Fsp3) is 0.0769. The molecule has 2 aromatic rings. The van der Waals surface area contributed by atoms with Crippen molar-refractivity contribution in [3.05, 3.63) is 52.7 Å². The Kier molecular flexibility index (Phi) is 3.75. The van der Waals surface area contributed by atoms with Crippen molar-refractivity contribution in [1.29, 1.82) is 0 Å². The monoisotopic (exact) mass is 278 g/mol. The zero-order valence-electron chi connectivity index (χ0n) is 8.19. The van der Waals surface area contributed by atoms with Crippen LogP contribution in [-0.4, -0.2) is 5.33 Å². The lowest BCUT2D eigenvalue weighted by Crippen LogP contribution is -1.76.